The molecular formula is C29H52N4O4S. The van der Waals surface area contributed by atoms with E-state index in [0.29, 0.717) is 12.2 Å². The molecule has 1 fully saturated rings. The fourth-order valence-electron chi connectivity index (χ4n) is 4.86. The number of carbonyl (C=O) groups is 1. The first-order valence-electron chi connectivity index (χ1n) is 14.9. The van der Waals surface area contributed by atoms with Gasteiger partial charge in [-0.15, -0.1) is 0 Å². The number of amides is 1. The Morgan fingerprint density at radius 2 is 1.37 bits per heavy atom. The predicted octanol–water partition coefficient (Wildman–Crippen LogP) is 5.39. The molecule has 38 heavy (non-hydrogen) atoms. The maximum absolute atomic E-state index is 12.4. The summed E-state index contributed by atoms with van der Waals surface area (Å²) in [5, 5.41) is 3.04. The zero-order valence-corrected chi connectivity index (χ0v) is 24.8. The van der Waals surface area contributed by atoms with Crippen LogP contribution in [0.4, 0.5) is 5.82 Å². The van der Waals surface area contributed by atoms with E-state index in [9.17, 15) is 13.2 Å². The average molecular weight is 553 g/mol. The molecule has 1 saturated heterocycles. The molecule has 1 amide bonds. The lowest BCUT2D eigenvalue weighted by Crippen LogP contribution is -2.46. The molecule has 8 nitrogen and oxygen atoms in total. The molecule has 0 radical (unpaired) electrons. The molecule has 0 unspecified atom stereocenters. The number of likely N-dealkylation sites (N-methyl/N-ethyl adjacent to an activating group) is 1. The Kier molecular flexibility index (Phi) is 16.6. The van der Waals surface area contributed by atoms with Crippen molar-refractivity contribution < 1.29 is 17.4 Å². The molecule has 1 aliphatic rings. The monoisotopic (exact) mass is 552 g/mol. The van der Waals surface area contributed by atoms with E-state index in [-0.39, 0.29) is 5.91 Å². The summed E-state index contributed by atoms with van der Waals surface area (Å²) in [6, 6.07) is 3.86. The lowest BCUT2D eigenvalue weighted by molar-refractivity contribution is 0.0952. The maximum atomic E-state index is 12.4. The van der Waals surface area contributed by atoms with Gasteiger partial charge in [0.15, 0.2) is 0 Å². The number of aromatic nitrogens is 1. The fraction of sp³-hybridized carbons (Fsp3) is 0.793. The maximum Gasteiger partial charge on any atom is 0.264 e. The van der Waals surface area contributed by atoms with Crippen molar-refractivity contribution in [2.75, 3.05) is 57.0 Å². The molecule has 0 bridgehead atoms. The van der Waals surface area contributed by atoms with Crippen LogP contribution in [0, 0.1) is 0 Å². The molecule has 0 spiro atoms. The number of hydrogen-bond acceptors (Lipinski definition) is 7. The highest BCUT2D eigenvalue weighted by atomic mass is 32.2. The molecule has 1 aromatic rings. The Morgan fingerprint density at radius 3 is 1.84 bits per heavy atom. The highest BCUT2D eigenvalue weighted by Gasteiger charge is 2.17. The van der Waals surface area contributed by atoms with Gasteiger partial charge in [-0.1, -0.05) is 84.0 Å². The lowest BCUT2D eigenvalue weighted by atomic mass is 10.0. The second kappa shape index (κ2) is 19.4. The van der Waals surface area contributed by atoms with Crippen LogP contribution in [0.2, 0.25) is 0 Å². The first kappa shape index (κ1) is 32.5. The Bertz CT molecular complexity index is 856. The molecule has 0 aromatic carbocycles. The van der Waals surface area contributed by atoms with Crippen LogP contribution < -0.4 is 10.2 Å². The third-order valence-corrected chi connectivity index (χ3v) is 7.90. The smallest absolute Gasteiger partial charge is 0.264 e. The minimum atomic E-state index is -3.28. The van der Waals surface area contributed by atoms with E-state index < -0.39 is 10.1 Å². The molecule has 2 rings (SSSR count). The third kappa shape index (κ3) is 15.0. The summed E-state index contributed by atoms with van der Waals surface area (Å²) in [4.78, 5) is 21.7. The number of hydrogen-bond donors (Lipinski definition) is 1. The predicted molar refractivity (Wildman–Crippen MR) is 156 cm³/mol. The Morgan fingerprint density at radius 1 is 0.842 bits per heavy atom. The average Bonchev–Trinajstić information content (AvgIpc) is 2.91. The minimum absolute atomic E-state index is 0.0270. The van der Waals surface area contributed by atoms with E-state index in [2.05, 4.69) is 27.0 Å². The molecular weight excluding hydrogens is 500 g/mol. The van der Waals surface area contributed by atoms with Gasteiger partial charge in [0.25, 0.3) is 16.0 Å². The van der Waals surface area contributed by atoms with E-state index >= 15 is 0 Å². The second-order valence-electron chi connectivity index (χ2n) is 10.6. The largest absolute Gasteiger partial charge is 0.354 e. The summed E-state index contributed by atoms with van der Waals surface area (Å²) in [5.74, 6) is 0.935. The summed E-state index contributed by atoms with van der Waals surface area (Å²) in [6.07, 6.45) is 19.6. The van der Waals surface area contributed by atoms with Gasteiger partial charge in [-0.3, -0.25) is 8.98 Å². The fourth-order valence-corrected chi connectivity index (χ4v) is 5.28. The zero-order chi connectivity index (χ0) is 27.5. The number of rotatable bonds is 21. The number of piperazine rings is 1. The molecule has 1 N–H and O–H groups in total. The van der Waals surface area contributed by atoms with E-state index in [1.54, 1.807) is 6.20 Å². The van der Waals surface area contributed by atoms with Crippen molar-refractivity contribution in [1.82, 2.24) is 15.2 Å². The molecule has 0 aliphatic carbocycles. The summed E-state index contributed by atoms with van der Waals surface area (Å²) < 4.78 is 26.5. The molecule has 2 heterocycles. The van der Waals surface area contributed by atoms with Gasteiger partial charge < -0.3 is 15.1 Å². The number of anilines is 1. The summed E-state index contributed by atoms with van der Waals surface area (Å²) >= 11 is 0. The summed E-state index contributed by atoms with van der Waals surface area (Å²) in [7, 11) is -3.28. The first-order valence-corrected chi connectivity index (χ1v) is 16.8. The summed E-state index contributed by atoms with van der Waals surface area (Å²) in [6.45, 7) is 8.45. The SMILES string of the molecule is CCN1CCN(c2ccc(C(=O)NCCCCCCCCCCCCCCCCOS(C)(=O)=O)cn2)CC1. The molecule has 0 saturated carbocycles. The van der Waals surface area contributed by atoms with Crippen LogP contribution in [-0.4, -0.2) is 76.3 Å². The van der Waals surface area contributed by atoms with Crippen molar-refractivity contribution in [3.8, 4) is 0 Å². The zero-order valence-electron chi connectivity index (χ0n) is 24.0. The van der Waals surface area contributed by atoms with Crippen molar-refractivity contribution in [3.05, 3.63) is 23.9 Å². The molecule has 9 heteroatoms. The van der Waals surface area contributed by atoms with Crippen LogP contribution in [0.5, 0.6) is 0 Å². The number of nitrogens with one attached hydrogen (secondary N) is 1. The number of pyridine rings is 1. The molecule has 218 valence electrons. The van der Waals surface area contributed by atoms with Gasteiger partial charge in [0.1, 0.15) is 5.82 Å². The van der Waals surface area contributed by atoms with Gasteiger partial charge in [-0.2, -0.15) is 8.42 Å². The van der Waals surface area contributed by atoms with Gasteiger partial charge in [0, 0.05) is 38.9 Å². The van der Waals surface area contributed by atoms with E-state index in [4.69, 9.17) is 4.18 Å². The lowest BCUT2D eigenvalue weighted by Gasteiger charge is -2.34. The van der Waals surface area contributed by atoms with E-state index in [0.717, 1.165) is 83.4 Å². The van der Waals surface area contributed by atoms with Crippen molar-refractivity contribution in [2.45, 2.75) is 96.8 Å². The Balaban J connectivity index is 1.36. The highest BCUT2D eigenvalue weighted by molar-refractivity contribution is 7.85. The molecule has 1 aliphatic heterocycles. The Labute approximate surface area is 232 Å². The van der Waals surface area contributed by atoms with Crippen LogP contribution in [0.25, 0.3) is 0 Å². The van der Waals surface area contributed by atoms with Gasteiger partial charge in [0.05, 0.1) is 18.4 Å². The first-order chi connectivity index (χ1) is 18.4. The second-order valence-corrected chi connectivity index (χ2v) is 12.2. The summed E-state index contributed by atoms with van der Waals surface area (Å²) in [5.41, 5.74) is 0.639. The molecule has 1 aromatic heterocycles. The normalized spacial score (nSPS) is 14.6. The van der Waals surface area contributed by atoms with Crippen LogP contribution in [-0.2, 0) is 14.3 Å². The highest BCUT2D eigenvalue weighted by Crippen LogP contribution is 2.15. The number of nitrogens with zero attached hydrogens (tertiary/aromatic N) is 3. The van der Waals surface area contributed by atoms with Crippen LogP contribution in [0.1, 0.15) is 107 Å². The topological polar surface area (TPSA) is 91.8 Å². The van der Waals surface area contributed by atoms with Gasteiger partial charge >= 0.3 is 0 Å². The van der Waals surface area contributed by atoms with Crippen LogP contribution >= 0.6 is 0 Å². The van der Waals surface area contributed by atoms with Crippen LogP contribution in [0.15, 0.2) is 18.3 Å². The van der Waals surface area contributed by atoms with Gasteiger partial charge in [-0.25, -0.2) is 4.98 Å². The quantitative estimate of drug-likeness (QED) is 0.161. The van der Waals surface area contributed by atoms with Crippen LogP contribution in [0.3, 0.4) is 0 Å². The van der Waals surface area contributed by atoms with Crippen molar-refractivity contribution in [3.63, 3.8) is 0 Å². The van der Waals surface area contributed by atoms with Gasteiger partial charge in [-0.05, 0) is 31.5 Å². The number of carbonyl (C=O) groups excluding carboxylic acids is 1. The minimum Gasteiger partial charge on any atom is -0.354 e. The van der Waals surface area contributed by atoms with Crippen molar-refractivity contribution >= 4 is 21.8 Å². The standard InChI is InChI=1S/C29H52N4O4S/c1-3-32-21-23-33(24-22-32)28-19-18-27(26-31-28)29(34)30-20-16-14-12-10-8-6-4-5-7-9-11-13-15-17-25-37-38(2,35)36/h18-19,26H,3-17,20-25H2,1-2H3,(H,30,34). The third-order valence-electron chi connectivity index (χ3n) is 7.31. The Hall–Kier alpha value is -1.71. The van der Waals surface area contributed by atoms with E-state index in [1.807, 2.05) is 12.1 Å². The van der Waals surface area contributed by atoms with E-state index in [1.165, 1.54) is 57.8 Å². The van der Waals surface area contributed by atoms with Crippen molar-refractivity contribution in [1.29, 1.82) is 0 Å². The molecule has 0 atom stereocenters. The number of unbranched alkanes of at least 4 members (excludes halogenated alkanes) is 13. The van der Waals surface area contributed by atoms with Crippen molar-refractivity contribution in [2.24, 2.45) is 0 Å². The van der Waals surface area contributed by atoms with Gasteiger partial charge in [0.2, 0.25) is 0 Å².